The van der Waals surface area contributed by atoms with E-state index in [0.29, 0.717) is 40.1 Å². The third-order valence-corrected chi connectivity index (χ3v) is 5.39. The molecule has 0 amide bonds. The summed E-state index contributed by atoms with van der Waals surface area (Å²) in [6.45, 7) is 7.16. The molecule has 0 unspecified atom stereocenters. The normalized spacial score (nSPS) is 12.8. The van der Waals surface area contributed by atoms with Crippen LogP contribution in [0.3, 0.4) is 0 Å². The minimum absolute atomic E-state index is 0.106. The molecule has 1 fully saturated rings. The number of aliphatic hydroxyl groups excluding tert-OH is 3. The van der Waals surface area contributed by atoms with E-state index >= 15 is 0 Å². The number of rotatable bonds is 10. The van der Waals surface area contributed by atoms with Gasteiger partial charge in [0.15, 0.2) is 5.78 Å². The number of Topliss-reactive ketones (excluding diaryl/α,β-unsaturated/α-hetero) is 1. The summed E-state index contributed by atoms with van der Waals surface area (Å²) in [5.74, 6) is -0.876. The number of aliphatic hydroxyl groups is 3. The van der Waals surface area contributed by atoms with Crippen molar-refractivity contribution in [2.75, 3.05) is 13.7 Å². The van der Waals surface area contributed by atoms with Gasteiger partial charge in [0.1, 0.15) is 5.69 Å². The van der Waals surface area contributed by atoms with Gasteiger partial charge in [-0.05, 0) is 49.1 Å². The standard InChI is InChI=1S/C22H28N2O6.C2H4/c1-3-30-22(29)20-19(21(28)12-4-5-12)18(17(24-20)8-23-2)14-7-6-13(9-25)15(10-26)16(14)11-27;1-2/h6-7,12,23-27H,3-5,8-11H2,1-2H3;1-2H2. The topological polar surface area (TPSA) is 132 Å². The first-order chi connectivity index (χ1) is 15.5. The Morgan fingerprint density at radius 2 is 1.78 bits per heavy atom. The summed E-state index contributed by atoms with van der Waals surface area (Å²) in [6.07, 6.45) is 1.54. The lowest BCUT2D eigenvalue weighted by molar-refractivity contribution is 0.0516. The molecule has 0 aliphatic heterocycles. The van der Waals surface area contributed by atoms with Crippen molar-refractivity contribution >= 4 is 11.8 Å². The van der Waals surface area contributed by atoms with E-state index in [4.69, 9.17) is 4.74 Å². The number of H-pyrrole nitrogens is 1. The Morgan fingerprint density at radius 1 is 1.12 bits per heavy atom. The SMILES string of the molecule is C=C.CCOC(=O)c1[nH]c(CNC)c(-c2ccc(CO)c(CO)c2CO)c1C(=O)C1CC1. The highest BCUT2D eigenvalue weighted by Gasteiger charge is 2.37. The van der Waals surface area contributed by atoms with Gasteiger partial charge in [0.05, 0.1) is 32.0 Å². The minimum atomic E-state index is -0.606. The molecule has 2 aromatic rings. The lowest BCUT2D eigenvalue weighted by atomic mass is 9.88. The Hall–Kier alpha value is -2.78. The van der Waals surface area contributed by atoms with Crippen LogP contribution in [0.5, 0.6) is 0 Å². The molecule has 1 aromatic carbocycles. The maximum atomic E-state index is 13.2. The number of nitrogens with one attached hydrogen (secondary N) is 2. The van der Waals surface area contributed by atoms with Crippen molar-refractivity contribution in [3.8, 4) is 11.1 Å². The van der Waals surface area contributed by atoms with Crippen molar-refractivity contribution in [1.82, 2.24) is 10.3 Å². The summed E-state index contributed by atoms with van der Waals surface area (Å²) in [7, 11) is 1.75. The van der Waals surface area contributed by atoms with Crippen molar-refractivity contribution in [2.24, 2.45) is 5.92 Å². The van der Waals surface area contributed by atoms with E-state index in [0.717, 1.165) is 12.8 Å². The van der Waals surface area contributed by atoms with E-state index in [-0.39, 0.29) is 42.8 Å². The first-order valence-corrected chi connectivity index (χ1v) is 10.6. The van der Waals surface area contributed by atoms with Gasteiger partial charge in [-0.2, -0.15) is 0 Å². The number of carbonyl (C=O) groups excluding carboxylic acids is 2. The zero-order chi connectivity index (χ0) is 23.8. The number of esters is 1. The maximum absolute atomic E-state index is 13.2. The van der Waals surface area contributed by atoms with Gasteiger partial charge in [-0.1, -0.05) is 12.1 Å². The second kappa shape index (κ2) is 11.7. The second-order valence-electron chi connectivity index (χ2n) is 7.32. The molecule has 0 radical (unpaired) electrons. The van der Waals surface area contributed by atoms with Crippen LogP contribution in [0.4, 0.5) is 0 Å². The van der Waals surface area contributed by atoms with Gasteiger partial charge in [0.25, 0.3) is 0 Å². The monoisotopic (exact) mass is 444 g/mol. The average Bonchev–Trinajstić information content (AvgIpc) is 3.60. The fraction of sp³-hybridized carbons (Fsp3) is 0.417. The lowest BCUT2D eigenvalue weighted by Crippen LogP contribution is -2.13. The van der Waals surface area contributed by atoms with Crippen molar-refractivity contribution in [3.63, 3.8) is 0 Å². The van der Waals surface area contributed by atoms with Crippen LogP contribution in [0, 0.1) is 5.92 Å². The largest absolute Gasteiger partial charge is 0.461 e. The summed E-state index contributed by atoms with van der Waals surface area (Å²) >= 11 is 0. The van der Waals surface area contributed by atoms with Gasteiger partial charge in [-0.25, -0.2) is 4.79 Å². The highest BCUT2D eigenvalue weighted by Crippen LogP contribution is 2.41. The van der Waals surface area contributed by atoms with Crippen LogP contribution in [0.25, 0.3) is 11.1 Å². The zero-order valence-corrected chi connectivity index (χ0v) is 18.7. The van der Waals surface area contributed by atoms with Crippen molar-refractivity contribution < 1.29 is 29.6 Å². The van der Waals surface area contributed by atoms with Crippen molar-refractivity contribution in [1.29, 1.82) is 0 Å². The first-order valence-electron chi connectivity index (χ1n) is 10.6. The lowest BCUT2D eigenvalue weighted by Gasteiger charge is -2.17. The Morgan fingerprint density at radius 3 is 2.28 bits per heavy atom. The van der Waals surface area contributed by atoms with Crippen LogP contribution in [-0.2, 0) is 31.1 Å². The number of hydrogen-bond acceptors (Lipinski definition) is 7. The number of ketones is 1. The molecule has 0 saturated heterocycles. The molecule has 8 heteroatoms. The maximum Gasteiger partial charge on any atom is 0.355 e. The number of aromatic amines is 1. The molecule has 5 N–H and O–H groups in total. The molecule has 0 atom stereocenters. The van der Waals surface area contributed by atoms with Gasteiger partial charge in [0, 0.05) is 23.7 Å². The van der Waals surface area contributed by atoms with Gasteiger partial charge in [-0.15, -0.1) is 13.2 Å². The van der Waals surface area contributed by atoms with E-state index in [1.807, 2.05) is 0 Å². The number of aromatic nitrogens is 1. The van der Waals surface area contributed by atoms with Crippen molar-refractivity contribution in [2.45, 2.75) is 46.1 Å². The molecule has 0 bridgehead atoms. The van der Waals surface area contributed by atoms with Crippen LogP contribution in [0.15, 0.2) is 25.3 Å². The Labute approximate surface area is 187 Å². The number of benzene rings is 1. The first kappa shape index (κ1) is 25.5. The molecule has 1 aromatic heterocycles. The molecule has 32 heavy (non-hydrogen) atoms. The Balaban J connectivity index is 0.00000176. The Bertz CT molecular complexity index is 962. The van der Waals surface area contributed by atoms with Gasteiger partial charge in [-0.3, -0.25) is 4.79 Å². The zero-order valence-electron chi connectivity index (χ0n) is 18.7. The van der Waals surface area contributed by atoms with Crippen LogP contribution in [0.2, 0.25) is 0 Å². The van der Waals surface area contributed by atoms with Crippen molar-refractivity contribution in [3.05, 3.63) is 58.9 Å². The third-order valence-electron chi connectivity index (χ3n) is 5.39. The molecular weight excluding hydrogens is 412 g/mol. The summed E-state index contributed by atoms with van der Waals surface area (Å²) in [5, 5.41) is 32.6. The van der Waals surface area contributed by atoms with Gasteiger partial charge < -0.3 is 30.4 Å². The van der Waals surface area contributed by atoms with E-state index < -0.39 is 12.6 Å². The molecule has 8 nitrogen and oxygen atoms in total. The van der Waals surface area contributed by atoms with Crippen LogP contribution in [-0.4, -0.2) is 45.7 Å². The minimum Gasteiger partial charge on any atom is -0.461 e. The quantitative estimate of drug-likeness (QED) is 0.216. The molecule has 0 spiro atoms. The molecular formula is C24H32N2O6. The molecule has 174 valence electrons. The smallest absolute Gasteiger partial charge is 0.355 e. The predicted molar refractivity (Wildman–Crippen MR) is 121 cm³/mol. The highest BCUT2D eigenvalue weighted by molar-refractivity contribution is 6.12. The summed E-state index contributed by atoms with van der Waals surface area (Å²) in [6, 6.07) is 3.36. The molecule has 1 aliphatic carbocycles. The summed E-state index contributed by atoms with van der Waals surface area (Å²) < 4.78 is 5.17. The van der Waals surface area contributed by atoms with Crippen LogP contribution in [0.1, 0.15) is 63.0 Å². The van der Waals surface area contributed by atoms with Crippen LogP contribution < -0.4 is 5.32 Å². The molecule has 1 heterocycles. The summed E-state index contributed by atoms with van der Waals surface area (Å²) in [5.41, 5.74) is 3.37. The molecule has 3 rings (SSSR count). The van der Waals surface area contributed by atoms with E-state index in [1.165, 1.54) is 0 Å². The third kappa shape index (κ3) is 4.99. The van der Waals surface area contributed by atoms with Gasteiger partial charge >= 0.3 is 5.97 Å². The number of carbonyl (C=O) groups is 2. The van der Waals surface area contributed by atoms with E-state index in [9.17, 15) is 24.9 Å². The van der Waals surface area contributed by atoms with E-state index in [2.05, 4.69) is 23.5 Å². The summed E-state index contributed by atoms with van der Waals surface area (Å²) in [4.78, 5) is 28.9. The predicted octanol–water partition coefficient (Wildman–Crippen LogP) is 2.45. The molecule has 1 aliphatic rings. The fourth-order valence-corrected chi connectivity index (χ4v) is 3.81. The highest BCUT2D eigenvalue weighted by atomic mass is 16.5. The molecule has 1 saturated carbocycles. The van der Waals surface area contributed by atoms with Gasteiger partial charge in [0.2, 0.25) is 0 Å². The second-order valence-corrected chi connectivity index (χ2v) is 7.32. The van der Waals surface area contributed by atoms with E-state index in [1.54, 1.807) is 26.1 Å². The number of hydrogen-bond donors (Lipinski definition) is 5. The fourth-order valence-electron chi connectivity index (χ4n) is 3.81. The number of ether oxygens (including phenoxy) is 1. The van der Waals surface area contributed by atoms with Crippen LogP contribution >= 0.6 is 0 Å². The average molecular weight is 445 g/mol. The Kier molecular flexibility index (Phi) is 9.34.